The quantitative estimate of drug-likeness (QED) is 0.477. The largest absolute Gasteiger partial charge is 0.497 e. The molecule has 1 aliphatic heterocycles. The molecule has 0 spiro atoms. The Kier molecular flexibility index (Phi) is 5.53. The molecule has 2 aromatic carbocycles. The van der Waals surface area contributed by atoms with Crippen molar-refractivity contribution in [3.63, 3.8) is 0 Å². The summed E-state index contributed by atoms with van der Waals surface area (Å²) in [4.78, 5) is 38.2. The number of carbonyl (C=O) groups is 3. The molecule has 0 bridgehead atoms. The predicted molar refractivity (Wildman–Crippen MR) is 116 cm³/mol. The topological polar surface area (TPSA) is 92.7 Å². The van der Waals surface area contributed by atoms with E-state index >= 15 is 0 Å². The van der Waals surface area contributed by atoms with Crippen molar-refractivity contribution in [2.75, 3.05) is 19.0 Å². The van der Waals surface area contributed by atoms with Gasteiger partial charge in [0.15, 0.2) is 0 Å². The van der Waals surface area contributed by atoms with Gasteiger partial charge in [-0.3, -0.25) is 9.59 Å². The number of para-hydroxylation sites is 1. The van der Waals surface area contributed by atoms with Crippen LogP contribution in [-0.2, 0) is 9.59 Å². The molecule has 1 saturated heterocycles. The molecule has 0 radical (unpaired) electrons. The summed E-state index contributed by atoms with van der Waals surface area (Å²) >= 11 is 0. The number of hydrogen-bond donors (Lipinski definition) is 2. The number of carbonyl (C=O) groups excluding carboxylic acids is 3. The summed E-state index contributed by atoms with van der Waals surface area (Å²) in [6.07, 6.45) is 3.43. The highest BCUT2D eigenvalue weighted by Gasteiger charge is 2.35. The molecule has 2 heterocycles. The second-order valence-electron chi connectivity index (χ2n) is 6.79. The number of nitrogens with one attached hydrogen (secondary N) is 2. The van der Waals surface area contributed by atoms with E-state index in [9.17, 15) is 14.4 Å². The maximum absolute atomic E-state index is 12.7. The molecular weight excluding hydrogens is 396 g/mol. The Morgan fingerprint density at radius 2 is 1.77 bits per heavy atom. The van der Waals surface area contributed by atoms with Crippen LogP contribution in [0.4, 0.5) is 10.5 Å². The van der Waals surface area contributed by atoms with E-state index in [1.807, 2.05) is 53.2 Å². The van der Waals surface area contributed by atoms with E-state index in [2.05, 4.69) is 10.6 Å². The smallest absolute Gasteiger partial charge is 0.329 e. The van der Waals surface area contributed by atoms with Crippen molar-refractivity contribution >= 4 is 29.6 Å². The molecule has 1 aromatic heterocycles. The van der Waals surface area contributed by atoms with Crippen LogP contribution in [0, 0.1) is 0 Å². The zero-order valence-electron chi connectivity index (χ0n) is 16.7. The number of hydrogen-bond acceptors (Lipinski definition) is 4. The van der Waals surface area contributed by atoms with Crippen LogP contribution >= 0.6 is 0 Å². The van der Waals surface area contributed by atoms with Crippen molar-refractivity contribution in [1.82, 2.24) is 14.8 Å². The molecule has 1 aliphatic rings. The van der Waals surface area contributed by atoms with E-state index in [0.29, 0.717) is 11.4 Å². The van der Waals surface area contributed by atoms with Crippen LogP contribution in [0.25, 0.3) is 11.8 Å². The van der Waals surface area contributed by atoms with Crippen molar-refractivity contribution in [2.45, 2.75) is 0 Å². The van der Waals surface area contributed by atoms with Gasteiger partial charge in [-0.1, -0.05) is 18.2 Å². The van der Waals surface area contributed by atoms with Gasteiger partial charge < -0.3 is 19.9 Å². The molecule has 8 nitrogen and oxygen atoms in total. The lowest BCUT2D eigenvalue weighted by Gasteiger charge is -2.12. The number of methoxy groups -OCH3 is 1. The average molecular weight is 416 g/mol. The normalized spacial score (nSPS) is 14.6. The number of nitrogens with zero attached hydrogens (tertiary/aromatic N) is 2. The molecule has 1 fully saturated rings. The van der Waals surface area contributed by atoms with Gasteiger partial charge in [0.1, 0.15) is 18.0 Å². The number of rotatable bonds is 6. The monoisotopic (exact) mass is 416 g/mol. The first-order valence-corrected chi connectivity index (χ1v) is 9.56. The average Bonchev–Trinajstić information content (AvgIpc) is 3.34. The Hall–Kier alpha value is -4.33. The summed E-state index contributed by atoms with van der Waals surface area (Å²) in [5.41, 5.74) is 2.26. The van der Waals surface area contributed by atoms with Gasteiger partial charge in [-0.2, -0.15) is 0 Å². The van der Waals surface area contributed by atoms with E-state index in [4.69, 9.17) is 4.74 Å². The van der Waals surface area contributed by atoms with Gasteiger partial charge in [0.05, 0.1) is 7.11 Å². The molecule has 0 saturated carbocycles. The molecule has 31 heavy (non-hydrogen) atoms. The second-order valence-corrected chi connectivity index (χ2v) is 6.79. The lowest BCUT2D eigenvalue weighted by molar-refractivity contribution is -0.127. The molecule has 0 unspecified atom stereocenters. The first-order chi connectivity index (χ1) is 15.0. The van der Waals surface area contributed by atoms with Crippen molar-refractivity contribution in [3.05, 3.63) is 84.3 Å². The molecule has 0 aliphatic carbocycles. The Morgan fingerprint density at radius 1 is 1.03 bits per heavy atom. The number of aromatic nitrogens is 1. The molecule has 3 aromatic rings. The zero-order valence-corrected chi connectivity index (χ0v) is 16.7. The number of anilines is 1. The van der Waals surface area contributed by atoms with Crippen LogP contribution < -0.4 is 15.4 Å². The predicted octanol–water partition coefficient (Wildman–Crippen LogP) is 3.02. The van der Waals surface area contributed by atoms with Crippen LogP contribution in [-0.4, -0.2) is 41.0 Å². The van der Waals surface area contributed by atoms with Crippen LogP contribution in [0.1, 0.15) is 5.69 Å². The van der Waals surface area contributed by atoms with E-state index in [-0.39, 0.29) is 12.2 Å². The van der Waals surface area contributed by atoms with Crippen molar-refractivity contribution in [1.29, 1.82) is 0 Å². The van der Waals surface area contributed by atoms with E-state index in [0.717, 1.165) is 16.3 Å². The van der Waals surface area contributed by atoms with Crippen molar-refractivity contribution < 1.29 is 19.1 Å². The Bertz CT molecular complexity index is 1150. The summed E-state index contributed by atoms with van der Waals surface area (Å²) in [6, 6.07) is 19.3. The summed E-state index contributed by atoms with van der Waals surface area (Å²) in [7, 11) is 1.60. The molecule has 0 atom stereocenters. The molecule has 4 amide bonds. The van der Waals surface area contributed by atoms with Crippen molar-refractivity contribution in [2.24, 2.45) is 0 Å². The number of ether oxygens (including phenoxy) is 1. The number of amides is 4. The van der Waals surface area contributed by atoms with Crippen LogP contribution in [0.3, 0.4) is 0 Å². The third-order valence-corrected chi connectivity index (χ3v) is 4.74. The Morgan fingerprint density at radius 3 is 2.48 bits per heavy atom. The maximum atomic E-state index is 12.7. The molecule has 156 valence electrons. The third-order valence-electron chi connectivity index (χ3n) is 4.74. The Balaban J connectivity index is 1.50. The van der Waals surface area contributed by atoms with E-state index in [1.165, 1.54) is 0 Å². The van der Waals surface area contributed by atoms with Gasteiger partial charge in [0, 0.05) is 23.3 Å². The third kappa shape index (κ3) is 4.32. The minimum atomic E-state index is -0.637. The van der Waals surface area contributed by atoms with Gasteiger partial charge >= 0.3 is 6.03 Å². The maximum Gasteiger partial charge on any atom is 0.329 e. The second kappa shape index (κ2) is 8.58. The zero-order chi connectivity index (χ0) is 21.8. The SMILES string of the molecule is COc1ccc(-n2cccc2C=C2NC(=O)N(CC(=O)Nc3ccccc3)C2=O)cc1. The molecule has 8 heteroatoms. The number of benzene rings is 2. The van der Waals surface area contributed by atoms with Crippen LogP contribution in [0.15, 0.2) is 78.6 Å². The van der Waals surface area contributed by atoms with Crippen LogP contribution in [0.2, 0.25) is 0 Å². The van der Waals surface area contributed by atoms with Crippen molar-refractivity contribution in [3.8, 4) is 11.4 Å². The number of urea groups is 1. The Labute approximate surface area is 178 Å². The van der Waals surface area contributed by atoms with Gasteiger partial charge in [-0.25, -0.2) is 9.69 Å². The number of imide groups is 1. The van der Waals surface area contributed by atoms with E-state index < -0.39 is 17.8 Å². The lowest BCUT2D eigenvalue weighted by Crippen LogP contribution is -2.38. The highest BCUT2D eigenvalue weighted by Crippen LogP contribution is 2.20. The minimum Gasteiger partial charge on any atom is -0.497 e. The summed E-state index contributed by atoms with van der Waals surface area (Å²) in [5.74, 6) is -0.285. The minimum absolute atomic E-state index is 0.103. The van der Waals surface area contributed by atoms with Crippen LogP contribution in [0.5, 0.6) is 5.75 Å². The molecule has 2 N–H and O–H groups in total. The van der Waals surface area contributed by atoms with Gasteiger partial charge in [0.25, 0.3) is 5.91 Å². The highest BCUT2D eigenvalue weighted by atomic mass is 16.5. The fourth-order valence-electron chi connectivity index (χ4n) is 3.22. The van der Waals surface area contributed by atoms with Gasteiger partial charge in [-0.05, 0) is 54.6 Å². The summed E-state index contributed by atoms with van der Waals surface area (Å²) in [6.45, 7) is -0.379. The molecular formula is C23H20N4O4. The summed E-state index contributed by atoms with van der Waals surface area (Å²) in [5, 5.41) is 5.21. The first-order valence-electron chi connectivity index (χ1n) is 9.56. The fraction of sp³-hybridized carbons (Fsp3) is 0.0870. The fourth-order valence-corrected chi connectivity index (χ4v) is 3.22. The first kappa shape index (κ1) is 20.0. The van der Waals surface area contributed by atoms with Gasteiger partial charge in [-0.15, -0.1) is 0 Å². The molecule has 4 rings (SSSR count). The summed E-state index contributed by atoms with van der Waals surface area (Å²) < 4.78 is 7.05. The van der Waals surface area contributed by atoms with Gasteiger partial charge in [0.2, 0.25) is 5.91 Å². The standard InChI is InChI=1S/C23H20N4O4/c1-31-19-11-9-17(10-12-19)26-13-5-8-18(26)14-20-22(29)27(23(30)25-20)15-21(28)24-16-6-3-2-4-7-16/h2-14H,15H2,1H3,(H,24,28)(H,25,30). The highest BCUT2D eigenvalue weighted by molar-refractivity contribution is 6.15. The van der Waals surface area contributed by atoms with E-state index in [1.54, 1.807) is 37.5 Å². The lowest BCUT2D eigenvalue weighted by atomic mass is 10.2.